The van der Waals surface area contributed by atoms with Crippen molar-refractivity contribution >= 4 is 11.9 Å². The molecule has 0 heterocycles. The predicted octanol–water partition coefficient (Wildman–Crippen LogP) is 16.3. The predicted molar refractivity (Wildman–Crippen MR) is 264 cm³/mol. The second-order valence-electron chi connectivity index (χ2n) is 18.6. The minimum atomic E-state index is -0.784. The number of aliphatic hydroxyl groups excluding tert-OH is 2. The summed E-state index contributed by atoms with van der Waals surface area (Å²) in [6.07, 6.45) is 56.7. The maximum Gasteiger partial charge on any atom is 0.306 e. The number of carbonyl (C=O) groups excluding carboxylic acids is 2. The second-order valence-corrected chi connectivity index (χ2v) is 18.6. The molecule has 0 aliphatic heterocycles. The van der Waals surface area contributed by atoms with Gasteiger partial charge in [0.2, 0.25) is 5.91 Å². The molecule has 0 rings (SSSR count). The summed E-state index contributed by atoms with van der Waals surface area (Å²) in [4.78, 5) is 26.1. The molecular weight excluding hydrogens is 755 g/mol. The van der Waals surface area contributed by atoms with Crippen molar-refractivity contribution in [3.8, 4) is 0 Å². The van der Waals surface area contributed by atoms with Crippen molar-refractivity contribution < 1.29 is 24.5 Å². The minimum Gasteiger partial charge on any atom is -0.462 e. The molecule has 0 bridgehead atoms. The number of carbonyl (C=O) groups is 2. The van der Waals surface area contributed by atoms with Crippen molar-refractivity contribution in [2.24, 2.45) is 0 Å². The fraction of sp³-hybridized carbons (Fsp3) is 0.891. The average Bonchev–Trinajstić information content (AvgIpc) is 3.25. The standard InChI is InChI=1S/C55H105NO5/c1-4-7-10-13-16-19-22-24-26-27-29-31-33-36-39-42-45-48-55(60)61-51(46-43-40-37-34-21-18-15-12-9-6-3)49-54(59)56-52(50-57)53(58)47-44-41-38-35-32-30-28-25-23-20-17-14-11-8-5-2/h16,19,24,26,51-53,57-58H,4-15,17-18,20-23,25,27-50H2,1-3H3,(H,56,59)/b19-16-,26-24-. The quantitative estimate of drug-likeness (QED) is 0.0322. The molecule has 3 atom stereocenters. The molecule has 0 aromatic carbocycles. The van der Waals surface area contributed by atoms with Crippen molar-refractivity contribution in [3.63, 3.8) is 0 Å². The van der Waals surface area contributed by atoms with E-state index in [1.807, 2.05) is 0 Å². The zero-order valence-corrected chi connectivity index (χ0v) is 41.1. The van der Waals surface area contributed by atoms with E-state index in [1.54, 1.807) is 0 Å². The van der Waals surface area contributed by atoms with Crippen LogP contribution in [0.5, 0.6) is 0 Å². The number of rotatable bonds is 49. The molecule has 0 spiro atoms. The van der Waals surface area contributed by atoms with Gasteiger partial charge in [-0.2, -0.15) is 0 Å². The third kappa shape index (κ3) is 44.7. The first-order valence-corrected chi connectivity index (χ1v) is 27.1. The number of allylic oxidation sites excluding steroid dienone is 4. The van der Waals surface area contributed by atoms with Gasteiger partial charge >= 0.3 is 5.97 Å². The molecule has 0 aliphatic rings. The Balaban J connectivity index is 4.45. The van der Waals surface area contributed by atoms with E-state index in [0.717, 1.165) is 57.8 Å². The molecule has 6 nitrogen and oxygen atoms in total. The Kier molecular flexibility index (Phi) is 48.0. The maximum atomic E-state index is 13.2. The summed E-state index contributed by atoms with van der Waals surface area (Å²) in [7, 11) is 0. The normalized spacial score (nSPS) is 13.3. The van der Waals surface area contributed by atoms with Gasteiger partial charge in [-0.1, -0.05) is 244 Å². The third-order valence-corrected chi connectivity index (χ3v) is 12.5. The fourth-order valence-corrected chi connectivity index (χ4v) is 8.40. The van der Waals surface area contributed by atoms with E-state index in [1.165, 1.54) is 186 Å². The molecule has 0 saturated heterocycles. The Morgan fingerprint density at radius 3 is 1.28 bits per heavy atom. The van der Waals surface area contributed by atoms with E-state index >= 15 is 0 Å². The number of hydrogen-bond acceptors (Lipinski definition) is 5. The number of esters is 1. The first-order chi connectivity index (χ1) is 30.0. The minimum absolute atomic E-state index is 0.0796. The second kappa shape index (κ2) is 49.4. The largest absolute Gasteiger partial charge is 0.462 e. The fourth-order valence-electron chi connectivity index (χ4n) is 8.40. The van der Waals surface area contributed by atoms with Crippen LogP contribution in [0.3, 0.4) is 0 Å². The monoisotopic (exact) mass is 860 g/mol. The summed E-state index contributed by atoms with van der Waals surface area (Å²) in [5.74, 6) is -0.469. The van der Waals surface area contributed by atoms with Crippen LogP contribution in [-0.4, -0.2) is 46.9 Å². The Morgan fingerprint density at radius 1 is 0.475 bits per heavy atom. The number of hydrogen-bond donors (Lipinski definition) is 3. The first kappa shape index (κ1) is 59.3. The van der Waals surface area contributed by atoms with E-state index in [4.69, 9.17) is 4.74 Å². The van der Waals surface area contributed by atoms with Crippen LogP contribution in [0.1, 0.15) is 290 Å². The van der Waals surface area contributed by atoms with Crippen LogP contribution in [0.4, 0.5) is 0 Å². The van der Waals surface area contributed by atoms with Crippen LogP contribution in [0, 0.1) is 0 Å². The van der Waals surface area contributed by atoms with E-state index in [2.05, 4.69) is 50.4 Å². The highest BCUT2D eigenvalue weighted by molar-refractivity contribution is 5.77. The molecular formula is C55H105NO5. The third-order valence-electron chi connectivity index (χ3n) is 12.5. The van der Waals surface area contributed by atoms with Crippen LogP contribution in [0.2, 0.25) is 0 Å². The van der Waals surface area contributed by atoms with Gasteiger partial charge in [0.15, 0.2) is 0 Å². The number of amides is 1. The van der Waals surface area contributed by atoms with Crippen molar-refractivity contribution in [2.75, 3.05) is 6.61 Å². The van der Waals surface area contributed by atoms with E-state index in [9.17, 15) is 19.8 Å². The van der Waals surface area contributed by atoms with Gasteiger partial charge in [0.25, 0.3) is 0 Å². The van der Waals surface area contributed by atoms with Gasteiger partial charge in [-0.15, -0.1) is 0 Å². The lowest BCUT2D eigenvalue weighted by Crippen LogP contribution is -2.46. The van der Waals surface area contributed by atoms with Crippen LogP contribution in [0.25, 0.3) is 0 Å². The van der Waals surface area contributed by atoms with E-state index < -0.39 is 18.2 Å². The lowest BCUT2D eigenvalue weighted by atomic mass is 10.0. The highest BCUT2D eigenvalue weighted by Gasteiger charge is 2.24. The summed E-state index contributed by atoms with van der Waals surface area (Å²) in [6.45, 7) is 6.47. The van der Waals surface area contributed by atoms with Gasteiger partial charge in [0, 0.05) is 6.42 Å². The van der Waals surface area contributed by atoms with Gasteiger partial charge in [-0.05, 0) is 57.8 Å². The van der Waals surface area contributed by atoms with E-state index in [0.29, 0.717) is 19.3 Å². The molecule has 3 N–H and O–H groups in total. The maximum absolute atomic E-state index is 13.2. The van der Waals surface area contributed by atoms with Gasteiger partial charge in [0.1, 0.15) is 6.10 Å². The van der Waals surface area contributed by atoms with Crippen molar-refractivity contribution in [1.29, 1.82) is 0 Å². The molecule has 0 aliphatic carbocycles. The molecule has 6 heteroatoms. The van der Waals surface area contributed by atoms with Gasteiger partial charge < -0.3 is 20.3 Å². The zero-order chi connectivity index (χ0) is 44.5. The summed E-state index contributed by atoms with van der Waals surface area (Å²) in [5, 5.41) is 23.8. The highest BCUT2D eigenvalue weighted by Crippen LogP contribution is 2.18. The summed E-state index contributed by atoms with van der Waals surface area (Å²) in [5.41, 5.74) is 0. The highest BCUT2D eigenvalue weighted by atomic mass is 16.5. The number of ether oxygens (including phenoxy) is 1. The van der Waals surface area contributed by atoms with Crippen molar-refractivity contribution in [1.82, 2.24) is 5.32 Å². The van der Waals surface area contributed by atoms with Gasteiger partial charge in [-0.25, -0.2) is 0 Å². The van der Waals surface area contributed by atoms with Gasteiger partial charge in [0.05, 0.1) is 25.2 Å². The van der Waals surface area contributed by atoms with Crippen LogP contribution in [-0.2, 0) is 14.3 Å². The Bertz CT molecular complexity index is 966. The molecule has 0 radical (unpaired) electrons. The molecule has 0 saturated carbocycles. The topological polar surface area (TPSA) is 95.9 Å². The van der Waals surface area contributed by atoms with Crippen molar-refractivity contribution in [2.45, 2.75) is 309 Å². The molecule has 0 aromatic heterocycles. The molecule has 1 amide bonds. The smallest absolute Gasteiger partial charge is 0.306 e. The lowest BCUT2D eigenvalue weighted by molar-refractivity contribution is -0.151. The first-order valence-electron chi connectivity index (χ1n) is 27.1. The Hall–Kier alpha value is -1.66. The number of nitrogens with one attached hydrogen (secondary N) is 1. The van der Waals surface area contributed by atoms with Crippen LogP contribution in [0.15, 0.2) is 24.3 Å². The average molecular weight is 860 g/mol. The van der Waals surface area contributed by atoms with E-state index in [-0.39, 0.29) is 24.9 Å². The van der Waals surface area contributed by atoms with Crippen LogP contribution >= 0.6 is 0 Å². The zero-order valence-electron chi connectivity index (χ0n) is 41.1. The summed E-state index contributed by atoms with van der Waals surface area (Å²) in [6, 6.07) is -0.698. The molecule has 0 fully saturated rings. The Labute approximate surface area is 380 Å². The Morgan fingerprint density at radius 2 is 0.836 bits per heavy atom. The number of unbranched alkanes of at least 4 members (excludes halogenated alkanes) is 33. The number of aliphatic hydroxyl groups is 2. The molecule has 3 unspecified atom stereocenters. The lowest BCUT2D eigenvalue weighted by Gasteiger charge is -2.24. The molecule has 360 valence electrons. The SMILES string of the molecule is CCCCC/C=C\C/C=C\CCCCCCCCCC(=O)OC(CCCCCCCCCCCC)CC(=O)NC(CO)C(O)CCCCCCCCCCCCCCCCC. The van der Waals surface area contributed by atoms with Crippen LogP contribution < -0.4 is 5.32 Å². The molecule has 61 heavy (non-hydrogen) atoms. The van der Waals surface area contributed by atoms with Gasteiger partial charge in [-0.3, -0.25) is 9.59 Å². The summed E-state index contributed by atoms with van der Waals surface area (Å²) < 4.78 is 5.93. The van der Waals surface area contributed by atoms with Crippen molar-refractivity contribution in [3.05, 3.63) is 24.3 Å². The summed E-state index contributed by atoms with van der Waals surface area (Å²) >= 11 is 0. The molecule has 0 aromatic rings.